The zero-order chi connectivity index (χ0) is 17.0. The average molecular weight is 390 g/mol. The van der Waals surface area contributed by atoms with E-state index in [-0.39, 0.29) is 5.82 Å². The van der Waals surface area contributed by atoms with Crippen LogP contribution in [0.5, 0.6) is 0 Å². The first-order valence-corrected chi connectivity index (χ1v) is 10.1. The number of thiazole rings is 1. The first kappa shape index (κ1) is 15.0. The molecule has 25 heavy (non-hydrogen) atoms. The Morgan fingerprint density at radius 2 is 2.16 bits per heavy atom. The van der Waals surface area contributed by atoms with Crippen LogP contribution in [-0.4, -0.2) is 29.1 Å². The summed E-state index contributed by atoms with van der Waals surface area (Å²) < 4.78 is 3.60. The van der Waals surface area contributed by atoms with E-state index in [4.69, 9.17) is 0 Å². The number of fused-ring (bicyclic) bond motifs is 1. The number of hydrogen-bond donors (Lipinski definition) is 0. The number of aromatic nitrogens is 5. The second kappa shape index (κ2) is 5.64. The van der Waals surface area contributed by atoms with E-state index in [0.29, 0.717) is 21.2 Å². The van der Waals surface area contributed by atoms with Crippen LogP contribution in [0.4, 0.5) is 5.82 Å². The third-order valence-corrected chi connectivity index (χ3v) is 6.44. The predicted octanol–water partition coefficient (Wildman–Crippen LogP) is 4.11. The van der Waals surface area contributed by atoms with Gasteiger partial charge in [0.15, 0.2) is 11.0 Å². The van der Waals surface area contributed by atoms with Crippen LogP contribution >= 0.6 is 34.4 Å². The van der Waals surface area contributed by atoms with Gasteiger partial charge in [0.05, 0.1) is 4.88 Å². The molecule has 0 atom stereocenters. The van der Waals surface area contributed by atoms with E-state index in [1.54, 1.807) is 22.9 Å². The number of thiophene rings is 1. The first-order chi connectivity index (χ1) is 12.2. The highest BCUT2D eigenvalue weighted by Crippen LogP contribution is 2.44. The molecular formula is C14H10N6O2S3. The third kappa shape index (κ3) is 2.46. The summed E-state index contributed by atoms with van der Waals surface area (Å²) in [6.07, 6.45) is 3.81. The Labute approximate surface area is 153 Å². The normalized spacial score (nSPS) is 14.4. The Morgan fingerprint density at radius 1 is 1.28 bits per heavy atom. The van der Waals surface area contributed by atoms with E-state index in [2.05, 4.69) is 19.7 Å². The molecule has 1 aliphatic carbocycles. The highest BCUT2D eigenvalue weighted by Gasteiger charge is 2.33. The predicted molar refractivity (Wildman–Crippen MR) is 95.5 cm³/mol. The largest absolute Gasteiger partial charge is 0.363 e. The molecule has 4 aromatic heterocycles. The standard InChI is InChI=1S/C14H10N6O2S3/c21-20(22)12-11(15-13-18(12)5-7-24-13)25-14-17-16-10(9-2-1-6-23-9)19(14)8-3-4-8/h1-2,5-8H,3-4H2. The van der Waals surface area contributed by atoms with E-state index in [1.807, 2.05) is 17.5 Å². The summed E-state index contributed by atoms with van der Waals surface area (Å²) in [7, 11) is 0. The van der Waals surface area contributed by atoms with Gasteiger partial charge in [-0.05, 0) is 41.0 Å². The topological polar surface area (TPSA) is 91.1 Å². The second-order valence-corrected chi connectivity index (χ2v) is 8.32. The van der Waals surface area contributed by atoms with Crippen molar-refractivity contribution in [2.45, 2.75) is 29.1 Å². The Kier molecular flexibility index (Phi) is 3.40. The number of nitro groups is 1. The molecule has 1 fully saturated rings. The molecule has 5 rings (SSSR count). The number of nitrogens with zero attached hydrogens (tertiary/aromatic N) is 6. The molecule has 1 aliphatic rings. The van der Waals surface area contributed by atoms with Crippen molar-refractivity contribution in [1.29, 1.82) is 0 Å². The molecule has 126 valence electrons. The summed E-state index contributed by atoms with van der Waals surface area (Å²) in [6, 6.07) is 4.35. The van der Waals surface area contributed by atoms with Gasteiger partial charge in [-0.1, -0.05) is 17.4 Å². The van der Waals surface area contributed by atoms with Crippen molar-refractivity contribution in [1.82, 2.24) is 24.1 Å². The van der Waals surface area contributed by atoms with E-state index >= 15 is 0 Å². The number of hydrogen-bond acceptors (Lipinski definition) is 8. The molecule has 4 heterocycles. The van der Waals surface area contributed by atoms with Crippen molar-refractivity contribution in [3.05, 3.63) is 39.2 Å². The van der Waals surface area contributed by atoms with Gasteiger partial charge < -0.3 is 10.1 Å². The van der Waals surface area contributed by atoms with Crippen molar-refractivity contribution in [2.75, 3.05) is 0 Å². The minimum absolute atomic E-state index is 0.0238. The summed E-state index contributed by atoms with van der Waals surface area (Å²) in [5, 5.41) is 24.9. The van der Waals surface area contributed by atoms with Gasteiger partial charge in [0, 0.05) is 11.4 Å². The highest BCUT2D eigenvalue weighted by molar-refractivity contribution is 7.99. The molecule has 0 N–H and O–H groups in total. The van der Waals surface area contributed by atoms with E-state index in [1.165, 1.54) is 27.5 Å². The average Bonchev–Trinajstić information content (AvgIpc) is 3.02. The highest BCUT2D eigenvalue weighted by atomic mass is 32.2. The molecule has 0 aromatic carbocycles. The molecule has 11 heteroatoms. The lowest BCUT2D eigenvalue weighted by molar-refractivity contribution is -0.393. The molecule has 0 aliphatic heterocycles. The quantitative estimate of drug-likeness (QED) is 0.376. The molecule has 0 spiro atoms. The molecular weight excluding hydrogens is 380 g/mol. The fraction of sp³-hybridized carbons (Fsp3) is 0.214. The Morgan fingerprint density at radius 3 is 2.88 bits per heavy atom. The summed E-state index contributed by atoms with van der Waals surface area (Å²) in [4.78, 5) is 17.2. The van der Waals surface area contributed by atoms with Crippen molar-refractivity contribution < 1.29 is 4.92 Å². The SMILES string of the molecule is O=[N+]([O-])c1c(Sc2nnc(-c3cccs3)n2C2CC2)nc2sccn12. The van der Waals surface area contributed by atoms with Crippen LogP contribution in [0.25, 0.3) is 15.7 Å². The minimum atomic E-state index is -0.396. The van der Waals surface area contributed by atoms with E-state index in [9.17, 15) is 10.1 Å². The maximum Gasteiger partial charge on any atom is 0.363 e. The van der Waals surface area contributed by atoms with Gasteiger partial charge >= 0.3 is 5.82 Å². The number of rotatable bonds is 5. The van der Waals surface area contributed by atoms with Crippen LogP contribution < -0.4 is 0 Å². The van der Waals surface area contributed by atoms with Gasteiger partial charge in [-0.3, -0.25) is 4.57 Å². The van der Waals surface area contributed by atoms with Crippen LogP contribution in [0, 0.1) is 10.1 Å². The van der Waals surface area contributed by atoms with Crippen molar-refractivity contribution >= 4 is 45.2 Å². The molecule has 0 radical (unpaired) electrons. The van der Waals surface area contributed by atoms with Crippen LogP contribution in [-0.2, 0) is 0 Å². The molecule has 0 bridgehead atoms. The van der Waals surface area contributed by atoms with Crippen LogP contribution in [0.3, 0.4) is 0 Å². The van der Waals surface area contributed by atoms with Crippen LogP contribution in [0.2, 0.25) is 0 Å². The molecule has 0 amide bonds. The van der Waals surface area contributed by atoms with Crippen molar-refractivity contribution in [2.24, 2.45) is 0 Å². The molecule has 0 unspecified atom stereocenters. The maximum atomic E-state index is 11.5. The van der Waals surface area contributed by atoms with Gasteiger partial charge in [0.25, 0.3) is 4.96 Å². The fourth-order valence-electron chi connectivity index (χ4n) is 2.66. The van der Waals surface area contributed by atoms with Crippen molar-refractivity contribution in [3.63, 3.8) is 0 Å². The first-order valence-electron chi connectivity index (χ1n) is 7.49. The monoisotopic (exact) mass is 390 g/mol. The van der Waals surface area contributed by atoms with Crippen LogP contribution in [0.1, 0.15) is 18.9 Å². The smallest absolute Gasteiger partial charge is 0.358 e. The summed E-state index contributed by atoms with van der Waals surface area (Å²) in [5.41, 5.74) is 0. The van der Waals surface area contributed by atoms with Gasteiger partial charge in [-0.15, -0.1) is 21.5 Å². The van der Waals surface area contributed by atoms with Gasteiger partial charge in [-0.25, -0.2) is 0 Å². The molecule has 4 aromatic rings. The second-order valence-electron chi connectivity index (χ2n) is 5.54. The lowest BCUT2D eigenvalue weighted by Gasteiger charge is -2.06. The molecule has 1 saturated carbocycles. The summed E-state index contributed by atoms with van der Waals surface area (Å²) >= 11 is 4.19. The molecule has 8 nitrogen and oxygen atoms in total. The van der Waals surface area contributed by atoms with Crippen molar-refractivity contribution in [3.8, 4) is 10.7 Å². The van der Waals surface area contributed by atoms with E-state index < -0.39 is 4.92 Å². The Balaban J connectivity index is 1.60. The zero-order valence-corrected chi connectivity index (χ0v) is 15.1. The number of imidazole rings is 1. The van der Waals surface area contributed by atoms with Crippen LogP contribution in [0.15, 0.2) is 39.3 Å². The molecule has 0 saturated heterocycles. The van der Waals surface area contributed by atoms with Gasteiger partial charge in [-0.2, -0.15) is 9.38 Å². The zero-order valence-electron chi connectivity index (χ0n) is 12.6. The van der Waals surface area contributed by atoms with Gasteiger partial charge in [0.2, 0.25) is 5.03 Å². The lowest BCUT2D eigenvalue weighted by atomic mass is 10.4. The third-order valence-electron chi connectivity index (χ3n) is 3.89. The maximum absolute atomic E-state index is 11.5. The summed E-state index contributed by atoms with van der Waals surface area (Å²) in [5.74, 6) is 0.799. The lowest BCUT2D eigenvalue weighted by Crippen LogP contribution is -1.99. The Hall–Kier alpha value is -2.24. The minimum Gasteiger partial charge on any atom is -0.358 e. The Bertz CT molecular complexity index is 1080. The fourth-order valence-corrected chi connectivity index (χ4v) is 5.11. The van der Waals surface area contributed by atoms with E-state index in [0.717, 1.165) is 23.5 Å². The summed E-state index contributed by atoms with van der Waals surface area (Å²) in [6.45, 7) is 0. The van der Waals surface area contributed by atoms with Gasteiger partial charge in [0.1, 0.15) is 6.20 Å².